The second kappa shape index (κ2) is 13.3. The number of nitrogens with two attached hydrogens (primary N) is 1. The van der Waals surface area contributed by atoms with Crippen LogP contribution < -0.4 is 11.1 Å². The van der Waals surface area contributed by atoms with Crippen LogP contribution in [0.25, 0.3) is 22.2 Å². The highest BCUT2D eigenvalue weighted by atomic mass is 19.1. The highest BCUT2D eigenvalue weighted by Crippen LogP contribution is 2.38. The molecule has 0 spiro atoms. The molecule has 0 aliphatic carbocycles. The van der Waals surface area contributed by atoms with Crippen molar-refractivity contribution in [3.05, 3.63) is 124 Å². The Morgan fingerprint density at radius 2 is 1.78 bits per heavy atom. The van der Waals surface area contributed by atoms with Crippen molar-refractivity contribution < 1.29 is 22.8 Å². The molecule has 2 aliphatic heterocycles. The summed E-state index contributed by atoms with van der Waals surface area (Å²) < 4.78 is 45.2. The van der Waals surface area contributed by atoms with Crippen LogP contribution in [0, 0.1) is 41.1 Å². The lowest BCUT2D eigenvalue weighted by atomic mass is 9.89. The van der Waals surface area contributed by atoms with Crippen LogP contribution >= 0.6 is 0 Å². The number of halogens is 3. The third kappa shape index (κ3) is 6.27. The topological polar surface area (TPSA) is 104 Å². The maximum atomic E-state index is 15.6. The van der Waals surface area contributed by atoms with Gasteiger partial charge in [0.05, 0.1) is 23.7 Å². The second-order valence-electron chi connectivity index (χ2n) is 12.2. The molecule has 2 aliphatic rings. The molecule has 0 radical (unpaired) electrons. The number of nitrogens with one attached hydrogen (secondary N) is 2. The molecule has 49 heavy (non-hydrogen) atoms. The van der Waals surface area contributed by atoms with Gasteiger partial charge in [0, 0.05) is 40.9 Å². The van der Waals surface area contributed by atoms with E-state index >= 15 is 8.78 Å². The Hall–Kier alpha value is -5.84. The number of benzene rings is 3. The molecule has 244 valence electrons. The zero-order valence-corrected chi connectivity index (χ0v) is 26.2. The molecule has 7 rings (SSSR count). The maximum Gasteiger partial charge on any atom is 0.255 e. The Labute approximate surface area is 280 Å². The number of rotatable bonds is 6. The summed E-state index contributed by atoms with van der Waals surface area (Å²) in [7, 11) is 0. The number of aromatic amines is 1. The Morgan fingerprint density at radius 3 is 2.55 bits per heavy atom. The normalized spacial score (nSPS) is 14.9. The monoisotopic (exact) mass is 657 g/mol. The number of carbonyl (C=O) groups is 2. The van der Waals surface area contributed by atoms with E-state index in [1.807, 2.05) is 12.1 Å². The third-order valence-electron chi connectivity index (χ3n) is 9.25. The Kier molecular flexibility index (Phi) is 8.65. The first kappa shape index (κ1) is 31.7. The minimum absolute atomic E-state index is 0.0864. The fourth-order valence-corrected chi connectivity index (χ4v) is 6.68. The summed E-state index contributed by atoms with van der Waals surface area (Å²) >= 11 is 0. The average molecular weight is 658 g/mol. The number of hydrogen-bond acceptors (Lipinski definition) is 4. The van der Waals surface area contributed by atoms with Crippen LogP contribution in [0.1, 0.15) is 74.2 Å². The van der Waals surface area contributed by atoms with Crippen molar-refractivity contribution in [2.45, 2.75) is 37.8 Å². The van der Waals surface area contributed by atoms with Crippen molar-refractivity contribution in [1.82, 2.24) is 20.2 Å². The molecule has 4 heterocycles. The van der Waals surface area contributed by atoms with Crippen LogP contribution in [0.15, 0.2) is 73.1 Å². The van der Waals surface area contributed by atoms with E-state index in [1.165, 1.54) is 22.7 Å². The van der Waals surface area contributed by atoms with E-state index < -0.39 is 35.3 Å². The van der Waals surface area contributed by atoms with Gasteiger partial charge >= 0.3 is 0 Å². The molecule has 3 aromatic carbocycles. The number of pyridine rings is 1. The van der Waals surface area contributed by atoms with Gasteiger partial charge in [-0.3, -0.25) is 9.59 Å². The van der Waals surface area contributed by atoms with Crippen LogP contribution in [0.5, 0.6) is 0 Å². The van der Waals surface area contributed by atoms with Gasteiger partial charge in [-0.25, -0.2) is 18.2 Å². The van der Waals surface area contributed by atoms with Crippen LogP contribution in [-0.2, 0) is 6.54 Å². The predicted octanol–water partition coefficient (Wildman–Crippen LogP) is 6.36. The van der Waals surface area contributed by atoms with E-state index in [-0.39, 0.29) is 35.2 Å². The summed E-state index contributed by atoms with van der Waals surface area (Å²) in [5.41, 5.74) is 9.31. The lowest BCUT2D eigenvalue weighted by molar-refractivity contribution is 0.0700. The van der Waals surface area contributed by atoms with Crippen LogP contribution in [0.3, 0.4) is 0 Å². The van der Waals surface area contributed by atoms with E-state index in [0.717, 1.165) is 49.7 Å². The van der Waals surface area contributed by atoms with Gasteiger partial charge < -0.3 is 20.9 Å². The average Bonchev–Trinajstić information content (AvgIpc) is 3.73. The van der Waals surface area contributed by atoms with Crippen LogP contribution in [0.2, 0.25) is 0 Å². The van der Waals surface area contributed by atoms with Crippen molar-refractivity contribution in [3.8, 4) is 34.8 Å². The van der Waals surface area contributed by atoms with Crippen molar-refractivity contribution in [3.63, 3.8) is 0 Å². The third-order valence-corrected chi connectivity index (χ3v) is 9.25. The minimum atomic E-state index is -1.05. The molecule has 4 N–H and O–H groups in total. The highest BCUT2D eigenvalue weighted by molar-refractivity contribution is 6.01. The van der Waals surface area contributed by atoms with Crippen molar-refractivity contribution in [2.75, 3.05) is 13.1 Å². The quantitative estimate of drug-likeness (QED) is 0.185. The SMILES string of the molecule is NC(=O)c1cnc2[nH]ccc2c1C#CC#CCC(c1cc(F)ccc1F)N1Cc2c(F)cc(-c3ccc(C4CCNCC4)cc3)cc2C1=O. The van der Waals surface area contributed by atoms with Crippen LogP contribution in [0.4, 0.5) is 13.2 Å². The molecule has 2 aromatic heterocycles. The highest BCUT2D eigenvalue weighted by Gasteiger charge is 2.36. The summed E-state index contributed by atoms with van der Waals surface area (Å²) in [6, 6.07) is 14.7. The Morgan fingerprint density at radius 1 is 0.980 bits per heavy atom. The number of aromatic nitrogens is 2. The fraction of sp³-hybridized carbons (Fsp3) is 0.205. The first-order valence-corrected chi connectivity index (χ1v) is 15.9. The van der Waals surface area contributed by atoms with E-state index in [1.54, 1.807) is 18.3 Å². The fourth-order valence-electron chi connectivity index (χ4n) is 6.68. The summed E-state index contributed by atoms with van der Waals surface area (Å²) in [4.78, 5) is 34.3. The van der Waals surface area contributed by atoms with E-state index in [0.29, 0.717) is 28.1 Å². The number of carbonyl (C=O) groups excluding carboxylic acids is 2. The molecule has 2 amide bonds. The first-order chi connectivity index (χ1) is 23.8. The number of piperidine rings is 1. The van der Waals surface area contributed by atoms with Gasteiger partial charge in [0.25, 0.3) is 11.8 Å². The lowest BCUT2D eigenvalue weighted by Crippen LogP contribution is -2.29. The lowest BCUT2D eigenvalue weighted by Gasteiger charge is -2.27. The largest absolute Gasteiger partial charge is 0.366 e. The zero-order valence-electron chi connectivity index (χ0n) is 26.2. The molecular formula is C39H30F3N5O2. The number of amides is 2. The molecule has 0 saturated carbocycles. The number of nitrogens with zero attached hydrogens (tertiary/aromatic N) is 2. The van der Waals surface area contributed by atoms with Gasteiger partial charge in [0.2, 0.25) is 0 Å². The predicted molar refractivity (Wildman–Crippen MR) is 180 cm³/mol. The van der Waals surface area contributed by atoms with E-state index in [9.17, 15) is 14.0 Å². The Balaban J connectivity index is 1.18. The summed E-state index contributed by atoms with van der Waals surface area (Å²) in [5.74, 6) is 8.38. The molecular weight excluding hydrogens is 627 g/mol. The first-order valence-electron chi connectivity index (χ1n) is 15.9. The number of fused-ring (bicyclic) bond motifs is 2. The molecule has 1 atom stereocenters. The zero-order chi connectivity index (χ0) is 34.1. The summed E-state index contributed by atoms with van der Waals surface area (Å²) in [6.07, 6.45) is 4.96. The smallest absolute Gasteiger partial charge is 0.255 e. The van der Waals surface area contributed by atoms with Gasteiger partial charge in [-0.15, -0.1) is 0 Å². The molecule has 10 heteroatoms. The van der Waals surface area contributed by atoms with Gasteiger partial charge in [-0.05, 0) is 96.8 Å². The van der Waals surface area contributed by atoms with Gasteiger partial charge in [0.1, 0.15) is 23.1 Å². The number of primary amides is 1. The summed E-state index contributed by atoms with van der Waals surface area (Å²) in [5, 5.41) is 3.96. The van der Waals surface area contributed by atoms with E-state index in [4.69, 9.17) is 5.73 Å². The molecule has 5 aromatic rings. The van der Waals surface area contributed by atoms with Gasteiger partial charge in [0.15, 0.2) is 0 Å². The molecule has 1 fully saturated rings. The van der Waals surface area contributed by atoms with Gasteiger partial charge in [-0.1, -0.05) is 36.1 Å². The Bertz CT molecular complexity index is 2230. The molecule has 0 bridgehead atoms. The van der Waals surface area contributed by atoms with Crippen molar-refractivity contribution in [2.24, 2.45) is 5.73 Å². The number of H-pyrrole nitrogens is 1. The maximum absolute atomic E-state index is 15.6. The minimum Gasteiger partial charge on any atom is -0.366 e. The molecule has 7 nitrogen and oxygen atoms in total. The second-order valence-corrected chi connectivity index (χ2v) is 12.2. The van der Waals surface area contributed by atoms with Crippen molar-refractivity contribution in [1.29, 1.82) is 0 Å². The van der Waals surface area contributed by atoms with Crippen molar-refractivity contribution >= 4 is 22.8 Å². The number of hydrogen-bond donors (Lipinski definition) is 3. The van der Waals surface area contributed by atoms with Crippen LogP contribution in [-0.4, -0.2) is 39.8 Å². The van der Waals surface area contributed by atoms with E-state index in [2.05, 4.69) is 51.1 Å². The summed E-state index contributed by atoms with van der Waals surface area (Å²) in [6.45, 7) is 1.80. The molecule has 1 unspecified atom stereocenters. The standard InChI is InChI=1S/C39H30F3N5O2/c40-27-10-11-34(41)31(20-27)36(5-3-1-2-4-28-29-14-17-45-38(29)46-21-32(28)37(43)48)47-22-33-30(39(47)49)18-26(19-35(33)42)24-8-6-23(7-9-24)25-12-15-44-16-13-25/h6-11,14,17-21,25,36,44H,5,12-13,15-16,22H2,(H2,43,48)(H,45,46). The van der Waals surface area contributed by atoms with Gasteiger partial charge in [-0.2, -0.15) is 0 Å². The molecule has 1 saturated heterocycles.